The highest BCUT2D eigenvalue weighted by Gasteiger charge is 2.44. The van der Waals surface area contributed by atoms with Crippen LogP contribution in [0.5, 0.6) is 11.5 Å². The van der Waals surface area contributed by atoms with Crippen molar-refractivity contribution in [3.63, 3.8) is 0 Å². The number of carbonyl (C=O) groups is 1. The van der Waals surface area contributed by atoms with E-state index in [1.165, 1.54) is 16.4 Å². The molecule has 3 heterocycles. The van der Waals surface area contributed by atoms with Gasteiger partial charge in [-0.1, -0.05) is 50.6 Å². The van der Waals surface area contributed by atoms with Crippen molar-refractivity contribution in [2.75, 3.05) is 39.6 Å². The number of sulfonamides is 1. The number of aliphatic hydroxyl groups is 1. The van der Waals surface area contributed by atoms with Gasteiger partial charge in [-0.15, -0.1) is 0 Å². The number of alkyl carbamates (subject to hydrolysis) is 1. The second kappa shape index (κ2) is 14.7. The lowest BCUT2D eigenvalue weighted by molar-refractivity contribution is -0.0907. The molecule has 0 aliphatic carbocycles. The minimum atomic E-state index is -4.11. The molecule has 45 heavy (non-hydrogen) atoms. The Bertz CT molecular complexity index is 1390. The highest BCUT2D eigenvalue weighted by molar-refractivity contribution is 7.89. The Morgan fingerprint density at radius 1 is 1.13 bits per heavy atom. The van der Waals surface area contributed by atoms with Crippen molar-refractivity contribution in [1.29, 1.82) is 0 Å². The molecule has 0 bridgehead atoms. The number of hydrogen-bond donors (Lipinski definition) is 3. The Hall–Kier alpha value is -2.94. The van der Waals surface area contributed by atoms with Crippen LogP contribution in [-0.4, -0.2) is 88.1 Å². The fraction of sp³-hybridized carbons (Fsp3) is 0.594. The highest BCUT2D eigenvalue weighted by Crippen LogP contribution is 2.36. The maximum Gasteiger partial charge on any atom is 0.407 e. The third-order valence-electron chi connectivity index (χ3n) is 8.59. The van der Waals surface area contributed by atoms with E-state index in [1.807, 2.05) is 44.2 Å². The summed E-state index contributed by atoms with van der Waals surface area (Å²) in [6.45, 7) is 5.21. The van der Waals surface area contributed by atoms with Gasteiger partial charge in [-0.05, 0) is 55.3 Å². The van der Waals surface area contributed by atoms with E-state index in [4.69, 9.17) is 29.4 Å². The third kappa shape index (κ3) is 8.46. The van der Waals surface area contributed by atoms with Crippen LogP contribution in [0.25, 0.3) is 0 Å². The molecule has 248 valence electrons. The molecule has 12 nitrogen and oxygen atoms in total. The number of nitrogens with one attached hydrogen (secondary N) is 1. The van der Waals surface area contributed by atoms with Crippen LogP contribution in [0.4, 0.5) is 4.79 Å². The van der Waals surface area contributed by atoms with Crippen LogP contribution in [0.3, 0.4) is 0 Å². The van der Waals surface area contributed by atoms with E-state index in [0.29, 0.717) is 24.7 Å². The normalized spacial score (nSPS) is 22.3. The number of unbranched alkanes of at least 4 members (excludes halogenated alkanes) is 1. The van der Waals surface area contributed by atoms with Gasteiger partial charge in [0, 0.05) is 19.2 Å². The molecule has 2 aromatic carbocycles. The van der Waals surface area contributed by atoms with E-state index in [9.17, 15) is 18.3 Å². The quantitative estimate of drug-likeness (QED) is 0.245. The Morgan fingerprint density at radius 3 is 2.69 bits per heavy atom. The number of hydrogen-bond acceptors (Lipinski definition) is 10. The number of amides is 1. The summed E-state index contributed by atoms with van der Waals surface area (Å²) < 4.78 is 57.3. The van der Waals surface area contributed by atoms with Crippen LogP contribution in [0.1, 0.15) is 45.1 Å². The molecule has 2 aromatic rings. The lowest BCUT2D eigenvalue weighted by Gasteiger charge is -2.35. The molecular weight excluding hydrogens is 602 g/mol. The summed E-state index contributed by atoms with van der Waals surface area (Å²) in [7, 11) is -4.11. The standard InChI is InChI=1S/C32H45N3O9S/c1-32(2,13-6-7-14-33)20-35(45(38,39)23-10-11-27-28(17-23)43-21-42-27)18-26(36)25(16-22-8-4-3-5-9-22)34-31(37)44-29-19-41-30-24(29)12-15-40-30/h3-5,8-11,17,24-26,29-30,36H,6-7,12-16,18-21,33H2,1-2H3,(H,34,37)/t24?,25-,26-,29?,30?/m0/s1. The summed E-state index contributed by atoms with van der Waals surface area (Å²) in [6, 6.07) is 13.0. The molecule has 3 aliphatic rings. The maximum absolute atomic E-state index is 14.2. The van der Waals surface area contributed by atoms with Crippen LogP contribution >= 0.6 is 0 Å². The first-order valence-electron chi connectivity index (χ1n) is 15.6. The average Bonchev–Trinajstić information content (AvgIpc) is 3.75. The van der Waals surface area contributed by atoms with Crippen molar-refractivity contribution in [1.82, 2.24) is 9.62 Å². The second-order valence-electron chi connectivity index (χ2n) is 12.7. The van der Waals surface area contributed by atoms with E-state index in [-0.39, 0.29) is 50.0 Å². The SMILES string of the molecule is CC(C)(CCCCN)CN(C[C@H](O)[C@H](Cc1ccccc1)NC(=O)OC1COC2OCCC12)S(=O)(=O)c1ccc2c(c1)OCO2. The van der Waals surface area contributed by atoms with Gasteiger partial charge in [-0.3, -0.25) is 0 Å². The number of ether oxygens (including phenoxy) is 5. The minimum absolute atomic E-state index is 0.0137. The molecule has 3 aliphatic heterocycles. The summed E-state index contributed by atoms with van der Waals surface area (Å²) in [6.07, 6.45) is 0.559. The van der Waals surface area contributed by atoms with Gasteiger partial charge in [0.1, 0.15) is 6.10 Å². The molecule has 4 N–H and O–H groups in total. The minimum Gasteiger partial charge on any atom is -0.454 e. The lowest BCUT2D eigenvalue weighted by atomic mass is 9.87. The summed E-state index contributed by atoms with van der Waals surface area (Å²) in [4.78, 5) is 13.2. The van der Waals surface area contributed by atoms with E-state index in [2.05, 4.69) is 5.32 Å². The molecule has 0 radical (unpaired) electrons. The average molecular weight is 648 g/mol. The molecule has 5 rings (SSSR count). The van der Waals surface area contributed by atoms with Crippen LogP contribution < -0.4 is 20.5 Å². The first-order valence-corrected chi connectivity index (χ1v) is 17.0. The summed E-state index contributed by atoms with van der Waals surface area (Å²) in [5.74, 6) is 0.768. The van der Waals surface area contributed by atoms with Gasteiger partial charge in [0.05, 0.1) is 36.2 Å². The number of nitrogens with zero attached hydrogens (tertiary/aromatic N) is 1. The largest absolute Gasteiger partial charge is 0.454 e. The molecule has 3 unspecified atom stereocenters. The first-order chi connectivity index (χ1) is 21.6. The molecule has 0 saturated carbocycles. The van der Waals surface area contributed by atoms with Crippen LogP contribution in [0.15, 0.2) is 53.4 Å². The van der Waals surface area contributed by atoms with Gasteiger partial charge in [-0.2, -0.15) is 4.31 Å². The fourth-order valence-corrected chi connectivity index (χ4v) is 7.76. The van der Waals surface area contributed by atoms with Crippen LogP contribution in [-0.2, 0) is 30.7 Å². The molecule has 0 spiro atoms. The molecular formula is C32H45N3O9S. The van der Waals surface area contributed by atoms with E-state index in [1.54, 1.807) is 6.07 Å². The topological polar surface area (TPSA) is 159 Å². The summed E-state index contributed by atoms with van der Waals surface area (Å²) in [5, 5.41) is 14.5. The zero-order valence-electron chi connectivity index (χ0n) is 25.9. The Balaban J connectivity index is 1.37. The van der Waals surface area contributed by atoms with Crippen molar-refractivity contribution < 1.29 is 42.0 Å². The smallest absolute Gasteiger partial charge is 0.407 e. The Morgan fingerprint density at radius 2 is 1.91 bits per heavy atom. The second-order valence-corrected chi connectivity index (χ2v) is 14.6. The zero-order chi connectivity index (χ0) is 32.0. The maximum atomic E-state index is 14.2. The molecule has 5 atom stereocenters. The number of benzene rings is 2. The Labute approximate surface area is 265 Å². The van der Waals surface area contributed by atoms with Crippen molar-refractivity contribution in [3.05, 3.63) is 54.1 Å². The van der Waals surface area contributed by atoms with Crippen molar-refractivity contribution in [2.45, 2.75) is 75.4 Å². The highest BCUT2D eigenvalue weighted by atomic mass is 32.2. The Kier molecular flexibility index (Phi) is 10.9. The first kappa shape index (κ1) is 33.4. The predicted molar refractivity (Wildman–Crippen MR) is 165 cm³/mol. The van der Waals surface area contributed by atoms with Gasteiger partial charge in [-0.25, -0.2) is 13.2 Å². The number of nitrogens with two attached hydrogens (primary N) is 1. The van der Waals surface area contributed by atoms with E-state index >= 15 is 0 Å². The zero-order valence-corrected chi connectivity index (χ0v) is 26.7. The van der Waals surface area contributed by atoms with Gasteiger partial charge in [0.25, 0.3) is 0 Å². The van der Waals surface area contributed by atoms with Crippen molar-refractivity contribution in [3.8, 4) is 11.5 Å². The molecule has 2 fully saturated rings. The van der Waals surface area contributed by atoms with Crippen molar-refractivity contribution >= 4 is 16.1 Å². The predicted octanol–water partition coefficient (Wildman–Crippen LogP) is 3.02. The number of fused-ring (bicyclic) bond motifs is 2. The van der Waals surface area contributed by atoms with Crippen LogP contribution in [0, 0.1) is 11.3 Å². The van der Waals surface area contributed by atoms with Gasteiger partial charge >= 0.3 is 6.09 Å². The van der Waals surface area contributed by atoms with Gasteiger partial charge in [0.15, 0.2) is 17.8 Å². The van der Waals surface area contributed by atoms with Gasteiger partial charge in [0.2, 0.25) is 16.8 Å². The summed E-state index contributed by atoms with van der Waals surface area (Å²) in [5.41, 5.74) is 6.14. The van der Waals surface area contributed by atoms with E-state index < -0.39 is 39.8 Å². The lowest BCUT2D eigenvalue weighted by Crippen LogP contribution is -2.52. The monoisotopic (exact) mass is 647 g/mol. The molecule has 0 aromatic heterocycles. The summed E-state index contributed by atoms with van der Waals surface area (Å²) >= 11 is 0. The van der Waals surface area contributed by atoms with Gasteiger partial charge < -0.3 is 39.8 Å². The van der Waals surface area contributed by atoms with Crippen LogP contribution in [0.2, 0.25) is 0 Å². The molecule has 13 heteroatoms. The van der Waals surface area contributed by atoms with Crippen molar-refractivity contribution in [2.24, 2.45) is 17.1 Å². The number of rotatable bonds is 15. The number of carbonyl (C=O) groups excluding carboxylic acids is 1. The number of aliphatic hydroxyl groups excluding tert-OH is 1. The fourth-order valence-electron chi connectivity index (χ4n) is 6.10. The third-order valence-corrected chi connectivity index (χ3v) is 10.4. The van der Waals surface area contributed by atoms with E-state index in [0.717, 1.165) is 31.2 Å². The molecule has 2 saturated heterocycles. The molecule has 1 amide bonds.